The largest absolute Gasteiger partial charge is 0.354 e. The van der Waals surface area contributed by atoms with E-state index in [-0.39, 0.29) is 22.8 Å². The molecule has 1 aromatic carbocycles. The minimum absolute atomic E-state index is 0.00322. The van der Waals surface area contributed by atoms with Gasteiger partial charge in [0.2, 0.25) is 27.6 Å². The van der Waals surface area contributed by atoms with Gasteiger partial charge < -0.3 is 9.84 Å². The molecule has 1 saturated heterocycles. The maximum atomic E-state index is 13.0. The molecule has 0 bridgehead atoms. The minimum Gasteiger partial charge on any atom is -0.354 e. The van der Waals surface area contributed by atoms with Gasteiger partial charge in [0.15, 0.2) is 0 Å². The summed E-state index contributed by atoms with van der Waals surface area (Å²) < 4.78 is 32.4. The van der Waals surface area contributed by atoms with Crippen LogP contribution in [-0.2, 0) is 14.8 Å². The molecule has 27 heavy (non-hydrogen) atoms. The fraction of sp³-hybridized carbons (Fsp3) is 0.500. The first-order chi connectivity index (χ1) is 12.8. The van der Waals surface area contributed by atoms with Gasteiger partial charge in [-0.1, -0.05) is 17.3 Å². The van der Waals surface area contributed by atoms with Crippen LogP contribution in [0.1, 0.15) is 32.6 Å². The number of carbonyl (C=O) groups is 1. The Morgan fingerprint density at radius 3 is 2.59 bits per heavy atom. The van der Waals surface area contributed by atoms with Crippen molar-refractivity contribution in [1.82, 2.24) is 19.8 Å². The molecule has 2 aromatic rings. The second-order valence-electron chi connectivity index (χ2n) is 7.01. The Kier molecular flexibility index (Phi) is 5.61. The molecule has 1 fully saturated rings. The summed E-state index contributed by atoms with van der Waals surface area (Å²) in [6, 6.07) is 6.60. The smallest absolute Gasteiger partial charge is 0.243 e. The SMILES string of the molecule is Cc1nc(-c2cccc(S(=O)(=O)N3CCC(C(=O)NC(C)C)CC3)c2)no1. The maximum absolute atomic E-state index is 13.0. The highest BCUT2D eigenvalue weighted by atomic mass is 32.2. The summed E-state index contributed by atoms with van der Waals surface area (Å²) in [4.78, 5) is 16.5. The minimum atomic E-state index is -3.64. The van der Waals surface area contributed by atoms with Crippen molar-refractivity contribution in [2.45, 2.75) is 44.6 Å². The summed E-state index contributed by atoms with van der Waals surface area (Å²) >= 11 is 0. The lowest BCUT2D eigenvalue weighted by Gasteiger charge is -2.31. The lowest BCUT2D eigenvalue weighted by atomic mass is 9.97. The van der Waals surface area contributed by atoms with E-state index in [0.717, 1.165) is 0 Å². The lowest BCUT2D eigenvalue weighted by Crippen LogP contribution is -2.44. The third kappa shape index (κ3) is 4.36. The first-order valence-electron chi connectivity index (χ1n) is 8.98. The Balaban J connectivity index is 1.73. The molecule has 1 aromatic heterocycles. The molecule has 0 spiro atoms. The second-order valence-corrected chi connectivity index (χ2v) is 8.94. The highest BCUT2D eigenvalue weighted by Crippen LogP contribution is 2.26. The Morgan fingerprint density at radius 2 is 2.00 bits per heavy atom. The van der Waals surface area contributed by atoms with Crippen LogP contribution in [0.15, 0.2) is 33.7 Å². The zero-order valence-electron chi connectivity index (χ0n) is 15.7. The molecule has 1 aliphatic heterocycles. The van der Waals surface area contributed by atoms with Crippen LogP contribution in [0.5, 0.6) is 0 Å². The van der Waals surface area contributed by atoms with E-state index in [1.54, 1.807) is 31.2 Å². The summed E-state index contributed by atoms with van der Waals surface area (Å²) in [5.41, 5.74) is 0.583. The van der Waals surface area contributed by atoms with Crippen molar-refractivity contribution in [1.29, 1.82) is 0 Å². The van der Waals surface area contributed by atoms with Crippen molar-refractivity contribution < 1.29 is 17.7 Å². The number of rotatable bonds is 5. The van der Waals surface area contributed by atoms with Crippen LogP contribution in [0.2, 0.25) is 0 Å². The van der Waals surface area contributed by atoms with Gasteiger partial charge in [0, 0.05) is 37.5 Å². The number of carbonyl (C=O) groups excluding carboxylic acids is 1. The molecule has 9 heteroatoms. The number of sulfonamides is 1. The molecular weight excluding hydrogens is 368 g/mol. The summed E-state index contributed by atoms with van der Waals surface area (Å²) in [5.74, 6) is 0.623. The van der Waals surface area contributed by atoms with E-state index in [1.807, 2.05) is 13.8 Å². The first kappa shape index (κ1) is 19.5. The van der Waals surface area contributed by atoms with E-state index in [4.69, 9.17) is 4.52 Å². The monoisotopic (exact) mass is 392 g/mol. The van der Waals surface area contributed by atoms with Crippen molar-refractivity contribution in [3.8, 4) is 11.4 Å². The maximum Gasteiger partial charge on any atom is 0.243 e. The molecular formula is C18H24N4O4S. The summed E-state index contributed by atoms with van der Waals surface area (Å²) in [5, 5.41) is 6.73. The van der Waals surface area contributed by atoms with Gasteiger partial charge in [-0.3, -0.25) is 4.79 Å². The number of hydrogen-bond acceptors (Lipinski definition) is 6. The number of nitrogens with zero attached hydrogens (tertiary/aromatic N) is 3. The molecule has 0 radical (unpaired) electrons. The van der Waals surface area contributed by atoms with Gasteiger partial charge in [-0.25, -0.2) is 8.42 Å². The highest BCUT2D eigenvalue weighted by Gasteiger charge is 2.32. The molecule has 1 amide bonds. The third-order valence-corrected chi connectivity index (χ3v) is 6.41. The predicted octanol–water partition coefficient (Wildman–Crippen LogP) is 1.97. The number of amides is 1. The third-order valence-electron chi connectivity index (χ3n) is 4.51. The summed E-state index contributed by atoms with van der Waals surface area (Å²) in [6.45, 7) is 6.15. The molecule has 8 nitrogen and oxygen atoms in total. The average molecular weight is 392 g/mol. The van der Waals surface area contributed by atoms with E-state index in [2.05, 4.69) is 15.5 Å². The normalized spacial score (nSPS) is 16.6. The standard InChI is InChI=1S/C18H24N4O4S/c1-12(2)19-18(23)14-7-9-22(10-8-14)27(24,25)16-6-4-5-15(11-16)17-20-13(3)26-21-17/h4-6,11-12,14H,7-10H2,1-3H3,(H,19,23). The number of aromatic nitrogens is 2. The molecule has 1 aliphatic rings. The summed E-state index contributed by atoms with van der Waals surface area (Å²) in [7, 11) is -3.64. The fourth-order valence-electron chi connectivity index (χ4n) is 3.12. The van der Waals surface area contributed by atoms with Crippen molar-refractivity contribution in [2.24, 2.45) is 5.92 Å². The van der Waals surface area contributed by atoms with Crippen LogP contribution in [0.4, 0.5) is 0 Å². The van der Waals surface area contributed by atoms with Crippen molar-refractivity contribution in [3.05, 3.63) is 30.2 Å². The van der Waals surface area contributed by atoms with Crippen molar-refractivity contribution >= 4 is 15.9 Å². The fourth-order valence-corrected chi connectivity index (χ4v) is 4.64. The van der Waals surface area contributed by atoms with Gasteiger partial charge in [0.05, 0.1) is 4.90 Å². The number of nitrogens with one attached hydrogen (secondary N) is 1. The molecule has 146 valence electrons. The van der Waals surface area contributed by atoms with Crippen molar-refractivity contribution in [3.63, 3.8) is 0 Å². The van der Waals surface area contributed by atoms with E-state index in [9.17, 15) is 13.2 Å². The van der Waals surface area contributed by atoms with Crippen LogP contribution in [0.3, 0.4) is 0 Å². The van der Waals surface area contributed by atoms with Gasteiger partial charge in [-0.05, 0) is 38.8 Å². The zero-order valence-corrected chi connectivity index (χ0v) is 16.5. The van der Waals surface area contributed by atoms with Gasteiger partial charge >= 0.3 is 0 Å². The van der Waals surface area contributed by atoms with E-state index < -0.39 is 10.0 Å². The average Bonchev–Trinajstić information content (AvgIpc) is 3.08. The van der Waals surface area contributed by atoms with Gasteiger partial charge in [-0.15, -0.1) is 0 Å². The zero-order chi connectivity index (χ0) is 19.6. The van der Waals surface area contributed by atoms with E-state index in [1.165, 1.54) is 4.31 Å². The highest BCUT2D eigenvalue weighted by molar-refractivity contribution is 7.89. The van der Waals surface area contributed by atoms with E-state index in [0.29, 0.717) is 43.2 Å². The van der Waals surface area contributed by atoms with Crippen molar-refractivity contribution in [2.75, 3.05) is 13.1 Å². The molecule has 0 unspecified atom stereocenters. The van der Waals surface area contributed by atoms with Crippen LogP contribution < -0.4 is 5.32 Å². The van der Waals surface area contributed by atoms with E-state index >= 15 is 0 Å². The number of aryl methyl sites for hydroxylation is 1. The quantitative estimate of drug-likeness (QED) is 0.834. The number of benzene rings is 1. The van der Waals surface area contributed by atoms with Gasteiger partial charge in [0.1, 0.15) is 0 Å². The lowest BCUT2D eigenvalue weighted by molar-refractivity contribution is -0.126. The van der Waals surface area contributed by atoms with Crippen LogP contribution in [0.25, 0.3) is 11.4 Å². The van der Waals surface area contributed by atoms with Crippen LogP contribution in [-0.4, -0.2) is 47.9 Å². The Bertz CT molecular complexity index is 915. The topological polar surface area (TPSA) is 105 Å². The Morgan fingerprint density at radius 1 is 1.30 bits per heavy atom. The Hall–Kier alpha value is -2.26. The molecule has 0 aliphatic carbocycles. The second kappa shape index (κ2) is 7.77. The van der Waals surface area contributed by atoms with Crippen LogP contribution in [0, 0.1) is 12.8 Å². The molecule has 0 atom stereocenters. The molecule has 1 N–H and O–H groups in total. The predicted molar refractivity (Wildman–Crippen MR) is 99.2 cm³/mol. The Labute approximate surface area is 159 Å². The number of piperidine rings is 1. The van der Waals surface area contributed by atoms with Gasteiger partial charge in [0.25, 0.3) is 0 Å². The molecule has 2 heterocycles. The molecule has 0 saturated carbocycles. The summed E-state index contributed by atoms with van der Waals surface area (Å²) in [6.07, 6.45) is 1.03. The van der Waals surface area contributed by atoms with Gasteiger partial charge in [-0.2, -0.15) is 9.29 Å². The molecule has 3 rings (SSSR count). The van der Waals surface area contributed by atoms with Crippen LogP contribution >= 0.6 is 0 Å². The number of hydrogen-bond donors (Lipinski definition) is 1. The first-order valence-corrected chi connectivity index (χ1v) is 10.4.